The van der Waals surface area contributed by atoms with Crippen LogP contribution in [0.15, 0.2) is 57.8 Å². The van der Waals surface area contributed by atoms with Crippen LogP contribution in [0.2, 0.25) is 5.02 Å². The van der Waals surface area contributed by atoms with Gasteiger partial charge in [0.25, 0.3) is 5.56 Å². The molecule has 9 nitrogen and oxygen atoms in total. The number of rotatable bonds is 9. The van der Waals surface area contributed by atoms with Crippen molar-refractivity contribution in [2.45, 2.75) is 19.4 Å². The van der Waals surface area contributed by atoms with Gasteiger partial charge in [0.2, 0.25) is 17.6 Å². The van der Waals surface area contributed by atoms with Gasteiger partial charge in [0.15, 0.2) is 0 Å². The predicted octanol–water partition coefficient (Wildman–Crippen LogP) is 3.23. The summed E-state index contributed by atoms with van der Waals surface area (Å²) in [6, 6.07) is 14.2. The van der Waals surface area contributed by atoms with Crippen LogP contribution in [0.5, 0.6) is 0 Å². The number of methoxy groups -OCH3 is 1. The molecule has 0 unspecified atom stereocenters. The molecule has 0 bridgehead atoms. The molecule has 0 aliphatic rings. The van der Waals surface area contributed by atoms with Gasteiger partial charge in [-0.1, -0.05) is 28.9 Å². The van der Waals surface area contributed by atoms with Crippen molar-refractivity contribution in [2.24, 2.45) is 0 Å². The number of aromatic nitrogens is 4. The number of benzene rings is 2. The van der Waals surface area contributed by atoms with Gasteiger partial charge in [-0.3, -0.25) is 9.59 Å². The molecule has 0 atom stereocenters. The number of amides is 1. The lowest BCUT2D eigenvalue weighted by molar-refractivity contribution is -0.132. The van der Waals surface area contributed by atoms with Gasteiger partial charge in [-0.2, -0.15) is 4.98 Å². The molecule has 0 fully saturated rings. The first kappa shape index (κ1) is 22.6. The SMILES string of the molecule is COCCN(Cc1nc2ccccc2c(=O)[nH]1)C(=O)CCc1nc(-c2ccc(Cl)cc2)no1. The molecule has 33 heavy (non-hydrogen) atoms. The molecular formula is C23H22ClN5O4. The topological polar surface area (TPSA) is 114 Å². The van der Waals surface area contributed by atoms with E-state index >= 15 is 0 Å². The number of ether oxygens (including phenoxy) is 1. The summed E-state index contributed by atoms with van der Waals surface area (Å²) in [6.07, 6.45) is 0.439. The van der Waals surface area contributed by atoms with E-state index in [1.165, 1.54) is 0 Å². The van der Waals surface area contributed by atoms with Gasteiger partial charge in [-0.05, 0) is 36.4 Å². The highest BCUT2D eigenvalue weighted by Gasteiger charge is 2.18. The van der Waals surface area contributed by atoms with Crippen LogP contribution in [-0.4, -0.2) is 51.2 Å². The number of carbonyl (C=O) groups excluding carboxylic acids is 1. The van der Waals surface area contributed by atoms with Crippen molar-refractivity contribution < 1.29 is 14.1 Å². The molecule has 0 saturated heterocycles. The first-order valence-corrected chi connectivity index (χ1v) is 10.7. The minimum Gasteiger partial charge on any atom is -0.383 e. The summed E-state index contributed by atoms with van der Waals surface area (Å²) in [5.74, 6) is 1.06. The summed E-state index contributed by atoms with van der Waals surface area (Å²) in [5, 5.41) is 5.09. The van der Waals surface area contributed by atoms with Gasteiger partial charge in [-0.15, -0.1) is 0 Å². The molecule has 0 aliphatic heterocycles. The molecule has 2 aromatic carbocycles. The zero-order valence-corrected chi connectivity index (χ0v) is 18.7. The van der Waals surface area contributed by atoms with E-state index in [1.807, 2.05) is 6.07 Å². The Morgan fingerprint density at radius 3 is 2.73 bits per heavy atom. The van der Waals surface area contributed by atoms with Gasteiger partial charge in [0, 0.05) is 37.1 Å². The standard InChI is InChI=1S/C23H22ClN5O4/c1-32-13-12-29(14-19-25-18-5-3-2-4-17(18)23(31)26-19)21(30)11-10-20-27-22(28-33-20)15-6-8-16(24)9-7-15/h2-9H,10-14H2,1H3,(H,25,26,31). The zero-order chi connectivity index (χ0) is 23.2. The van der Waals surface area contributed by atoms with Crippen molar-refractivity contribution in [1.29, 1.82) is 0 Å². The van der Waals surface area contributed by atoms with Crippen LogP contribution in [0, 0.1) is 0 Å². The van der Waals surface area contributed by atoms with Crippen molar-refractivity contribution in [3.63, 3.8) is 0 Å². The number of para-hydroxylation sites is 1. The third-order valence-corrected chi connectivity index (χ3v) is 5.30. The van der Waals surface area contributed by atoms with E-state index in [9.17, 15) is 9.59 Å². The lowest BCUT2D eigenvalue weighted by atomic mass is 10.2. The van der Waals surface area contributed by atoms with E-state index in [-0.39, 0.29) is 30.9 Å². The first-order valence-electron chi connectivity index (χ1n) is 10.4. The van der Waals surface area contributed by atoms with Crippen molar-refractivity contribution >= 4 is 28.4 Å². The molecule has 2 heterocycles. The number of hydrogen-bond acceptors (Lipinski definition) is 7. The predicted molar refractivity (Wildman–Crippen MR) is 123 cm³/mol. The second-order valence-electron chi connectivity index (χ2n) is 7.36. The molecule has 4 aromatic rings. The summed E-state index contributed by atoms with van der Waals surface area (Å²) >= 11 is 5.91. The Labute approximate surface area is 194 Å². The Bertz CT molecular complexity index is 1300. The number of H-pyrrole nitrogens is 1. The average molecular weight is 468 g/mol. The molecule has 170 valence electrons. The highest BCUT2D eigenvalue weighted by Crippen LogP contribution is 2.19. The molecule has 0 saturated carbocycles. The molecule has 1 amide bonds. The number of aromatic amines is 1. The summed E-state index contributed by atoms with van der Waals surface area (Å²) < 4.78 is 10.4. The van der Waals surface area contributed by atoms with Crippen molar-refractivity contribution in [1.82, 2.24) is 25.0 Å². The number of halogens is 1. The highest BCUT2D eigenvalue weighted by molar-refractivity contribution is 6.30. The molecule has 10 heteroatoms. The molecule has 0 aliphatic carbocycles. The first-order chi connectivity index (χ1) is 16.0. The Morgan fingerprint density at radius 1 is 1.15 bits per heavy atom. The minimum atomic E-state index is -0.240. The van der Waals surface area contributed by atoms with Crippen LogP contribution in [0.25, 0.3) is 22.3 Å². The third kappa shape index (κ3) is 5.63. The lowest BCUT2D eigenvalue weighted by Gasteiger charge is -2.21. The van der Waals surface area contributed by atoms with Gasteiger partial charge >= 0.3 is 0 Å². The maximum atomic E-state index is 12.9. The van der Waals surface area contributed by atoms with Gasteiger partial charge in [0.05, 0.1) is 24.1 Å². The molecular weight excluding hydrogens is 446 g/mol. The Kier molecular flexibility index (Phi) is 7.11. The van der Waals surface area contributed by atoms with Crippen LogP contribution in [0.4, 0.5) is 0 Å². The number of aryl methyl sites for hydroxylation is 1. The van der Waals surface area contributed by atoms with Crippen LogP contribution < -0.4 is 5.56 Å². The highest BCUT2D eigenvalue weighted by atomic mass is 35.5. The number of fused-ring (bicyclic) bond motifs is 1. The van der Waals surface area contributed by atoms with Crippen LogP contribution in [0.1, 0.15) is 18.1 Å². The fourth-order valence-corrected chi connectivity index (χ4v) is 3.45. The minimum absolute atomic E-state index is 0.144. The van der Waals surface area contributed by atoms with Crippen LogP contribution in [0.3, 0.4) is 0 Å². The van der Waals surface area contributed by atoms with E-state index < -0.39 is 0 Å². The largest absolute Gasteiger partial charge is 0.383 e. The van der Waals surface area contributed by atoms with Crippen LogP contribution >= 0.6 is 11.6 Å². The van der Waals surface area contributed by atoms with Crippen LogP contribution in [-0.2, 0) is 22.5 Å². The Hall–Kier alpha value is -3.56. The molecule has 0 radical (unpaired) electrons. The summed E-state index contributed by atoms with van der Waals surface area (Å²) in [4.78, 5) is 38.5. The Balaban J connectivity index is 1.44. The number of nitrogens with zero attached hydrogens (tertiary/aromatic N) is 4. The van der Waals surface area contributed by atoms with E-state index in [0.29, 0.717) is 46.6 Å². The number of hydrogen-bond donors (Lipinski definition) is 1. The number of carbonyl (C=O) groups is 1. The average Bonchev–Trinajstić information content (AvgIpc) is 3.30. The van der Waals surface area contributed by atoms with E-state index in [4.69, 9.17) is 20.9 Å². The fourth-order valence-electron chi connectivity index (χ4n) is 3.33. The Morgan fingerprint density at radius 2 is 1.94 bits per heavy atom. The zero-order valence-electron chi connectivity index (χ0n) is 18.0. The van der Waals surface area contributed by atoms with E-state index in [2.05, 4.69) is 20.1 Å². The number of nitrogens with one attached hydrogen (secondary N) is 1. The summed E-state index contributed by atoms with van der Waals surface area (Å²) in [7, 11) is 1.57. The van der Waals surface area contributed by atoms with Gasteiger partial charge < -0.3 is 19.1 Å². The monoisotopic (exact) mass is 467 g/mol. The second-order valence-corrected chi connectivity index (χ2v) is 7.79. The summed E-state index contributed by atoms with van der Waals surface area (Å²) in [5.41, 5.74) is 1.11. The lowest BCUT2D eigenvalue weighted by Crippen LogP contribution is -2.34. The van der Waals surface area contributed by atoms with Gasteiger partial charge in [-0.25, -0.2) is 4.98 Å². The molecule has 2 aromatic heterocycles. The van der Waals surface area contributed by atoms with E-state index in [1.54, 1.807) is 54.5 Å². The molecule has 1 N–H and O–H groups in total. The summed E-state index contributed by atoms with van der Waals surface area (Å²) in [6.45, 7) is 0.860. The van der Waals surface area contributed by atoms with Crippen molar-refractivity contribution in [2.75, 3.05) is 20.3 Å². The fraction of sp³-hybridized carbons (Fsp3) is 0.261. The van der Waals surface area contributed by atoms with Crippen molar-refractivity contribution in [3.8, 4) is 11.4 Å². The maximum Gasteiger partial charge on any atom is 0.258 e. The van der Waals surface area contributed by atoms with Crippen molar-refractivity contribution in [3.05, 3.63) is 75.6 Å². The smallest absolute Gasteiger partial charge is 0.258 e. The third-order valence-electron chi connectivity index (χ3n) is 5.04. The second kappa shape index (κ2) is 10.4. The molecule has 4 rings (SSSR count). The van der Waals surface area contributed by atoms with Gasteiger partial charge in [0.1, 0.15) is 5.82 Å². The van der Waals surface area contributed by atoms with E-state index in [0.717, 1.165) is 5.56 Å². The normalized spacial score (nSPS) is 11.1. The molecule has 0 spiro atoms. The maximum absolute atomic E-state index is 12.9. The quantitative estimate of drug-likeness (QED) is 0.402.